The van der Waals surface area contributed by atoms with Crippen LogP contribution in [-0.4, -0.2) is 61.0 Å². The number of amides is 1. The van der Waals surface area contributed by atoms with E-state index in [-0.39, 0.29) is 12.0 Å². The third kappa shape index (κ3) is 4.09. The smallest absolute Gasteiger partial charge is 0.251 e. The zero-order valence-corrected chi connectivity index (χ0v) is 15.9. The van der Waals surface area contributed by atoms with E-state index < -0.39 is 0 Å². The Labute approximate surface area is 159 Å². The molecule has 2 aliphatic heterocycles. The van der Waals surface area contributed by atoms with Gasteiger partial charge in [0.2, 0.25) is 5.95 Å². The van der Waals surface area contributed by atoms with E-state index in [1.54, 1.807) is 0 Å². The number of aryl methyl sites for hydroxylation is 1. The molecule has 1 aromatic heterocycles. The second kappa shape index (κ2) is 8.27. The first kappa shape index (κ1) is 18.3. The summed E-state index contributed by atoms with van der Waals surface area (Å²) in [4.78, 5) is 19.5. The van der Waals surface area contributed by atoms with Crippen LogP contribution in [-0.2, 0) is 16.5 Å². The van der Waals surface area contributed by atoms with Gasteiger partial charge in [-0.25, -0.2) is 4.98 Å². The Bertz CT molecular complexity index is 792. The van der Waals surface area contributed by atoms with E-state index in [0.717, 1.165) is 69.2 Å². The van der Waals surface area contributed by atoms with Crippen molar-refractivity contribution in [3.8, 4) is 0 Å². The molecule has 2 saturated heterocycles. The van der Waals surface area contributed by atoms with Gasteiger partial charge in [0.1, 0.15) is 0 Å². The van der Waals surface area contributed by atoms with Crippen molar-refractivity contribution in [3.05, 3.63) is 23.8 Å². The number of nitrogens with zero attached hydrogens (tertiary/aromatic N) is 3. The highest BCUT2D eigenvalue weighted by Gasteiger charge is 2.19. The second-order valence-electron chi connectivity index (χ2n) is 7.31. The van der Waals surface area contributed by atoms with Gasteiger partial charge in [-0.3, -0.25) is 4.79 Å². The molecule has 1 N–H and O–H groups in total. The van der Waals surface area contributed by atoms with Gasteiger partial charge in [0.05, 0.1) is 30.4 Å². The molecule has 1 aromatic carbocycles. The van der Waals surface area contributed by atoms with Crippen LogP contribution in [0.25, 0.3) is 11.0 Å². The highest BCUT2D eigenvalue weighted by molar-refractivity contribution is 5.97. The number of benzene rings is 1. The number of hydrogen-bond donors (Lipinski definition) is 1. The minimum atomic E-state index is -0.0497. The molecule has 7 heteroatoms. The Morgan fingerprint density at radius 2 is 2.11 bits per heavy atom. The van der Waals surface area contributed by atoms with Crippen molar-refractivity contribution >= 4 is 22.9 Å². The number of fused-ring (bicyclic) bond motifs is 1. The quantitative estimate of drug-likeness (QED) is 0.871. The number of ether oxygens (including phenoxy) is 2. The van der Waals surface area contributed by atoms with Gasteiger partial charge >= 0.3 is 0 Å². The fourth-order valence-electron chi connectivity index (χ4n) is 3.86. The summed E-state index contributed by atoms with van der Waals surface area (Å²) in [7, 11) is 2.02. The summed E-state index contributed by atoms with van der Waals surface area (Å²) in [6.45, 7) is 4.62. The topological polar surface area (TPSA) is 68.6 Å². The lowest BCUT2D eigenvalue weighted by molar-refractivity contribution is 0.0117. The van der Waals surface area contributed by atoms with Crippen LogP contribution in [0.3, 0.4) is 0 Å². The van der Waals surface area contributed by atoms with Crippen LogP contribution in [0.2, 0.25) is 0 Å². The number of hydrogen-bond acceptors (Lipinski definition) is 5. The number of rotatable bonds is 5. The normalized spacial score (nSPS) is 20.8. The molecule has 0 unspecified atom stereocenters. The monoisotopic (exact) mass is 372 g/mol. The third-order valence-corrected chi connectivity index (χ3v) is 5.44. The number of aromatic nitrogens is 2. The Kier molecular flexibility index (Phi) is 5.59. The van der Waals surface area contributed by atoms with Crippen LogP contribution in [0.1, 0.15) is 36.0 Å². The lowest BCUT2D eigenvalue weighted by Crippen LogP contribution is -2.37. The van der Waals surface area contributed by atoms with Crippen LogP contribution in [0.15, 0.2) is 18.2 Å². The number of anilines is 1. The molecule has 3 heterocycles. The molecule has 0 aliphatic carbocycles. The van der Waals surface area contributed by atoms with Crippen LogP contribution >= 0.6 is 0 Å². The lowest BCUT2D eigenvalue weighted by atomic mass is 10.1. The summed E-state index contributed by atoms with van der Waals surface area (Å²) in [6.07, 6.45) is 4.63. The van der Waals surface area contributed by atoms with Crippen molar-refractivity contribution in [1.82, 2.24) is 14.9 Å². The predicted molar refractivity (Wildman–Crippen MR) is 104 cm³/mol. The molecular weight excluding hydrogens is 344 g/mol. The number of carbonyl (C=O) groups excluding carboxylic acids is 1. The fraction of sp³-hybridized carbons (Fsp3) is 0.600. The van der Waals surface area contributed by atoms with E-state index in [0.29, 0.717) is 12.1 Å². The van der Waals surface area contributed by atoms with Crippen molar-refractivity contribution in [2.45, 2.75) is 31.8 Å². The summed E-state index contributed by atoms with van der Waals surface area (Å²) in [5, 5.41) is 3.02. The molecule has 0 saturated carbocycles. The molecule has 0 bridgehead atoms. The molecule has 2 aromatic rings. The molecule has 27 heavy (non-hydrogen) atoms. The largest absolute Gasteiger partial charge is 0.378 e. The summed E-state index contributed by atoms with van der Waals surface area (Å²) in [5.41, 5.74) is 2.53. The standard InChI is InChI=1S/C20H28N4O3/c1-23-18-6-5-15(19(25)21-8-7-16-4-2-3-11-27-16)14-17(18)22-20(23)24-9-12-26-13-10-24/h5-6,14,16H,2-4,7-13H2,1H3,(H,21,25)/t16-/m0/s1. The van der Waals surface area contributed by atoms with E-state index in [2.05, 4.69) is 14.8 Å². The Balaban J connectivity index is 1.42. The molecular formula is C20H28N4O3. The first-order chi connectivity index (χ1) is 13.2. The average molecular weight is 372 g/mol. The molecule has 0 radical (unpaired) electrons. The first-order valence-corrected chi connectivity index (χ1v) is 9.91. The van der Waals surface area contributed by atoms with E-state index >= 15 is 0 Å². The van der Waals surface area contributed by atoms with Gasteiger partial charge in [-0.05, 0) is 43.9 Å². The SMILES string of the molecule is Cn1c(N2CCOCC2)nc2cc(C(=O)NCC[C@@H]3CCCCO3)ccc21. The van der Waals surface area contributed by atoms with Crippen LogP contribution in [0.5, 0.6) is 0 Å². The van der Waals surface area contributed by atoms with Gasteiger partial charge in [-0.15, -0.1) is 0 Å². The highest BCUT2D eigenvalue weighted by Crippen LogP contribution is 2.23. The van der Waals surface area contributed by atoms with Gasteiger partial charge in [0.25, 0.3) is 5.91 Å². The van der Waals surface area contributed by atoms with Crippen LogP contribution in [0.4, 0.5) is 5.95 Å². The van der Waals surface area contributed by atoms with Crippen LogP contribution < -0.4 is 10.2 Å². The first-order valence-electron chi connectivity index (χ1n) is 9.91. The molecule has 146 valence electrons. The maximum atomic E-state index is 12.5. The minimum Gasteiger partial charge on any atom is -0.378 e. The van der Waals surface area contributed by atoms with Crippen LogP contribution in [0, 0.1) is 0 Å². The van der Waals surface area contributed by atoms with Crippen molar-refractivity contribution in [1.29, 1.82) is 0 Å². The molecule has 7 nitrogen and oxygen atoms in total. The van der Waals surface area contributed by atoms with E-state index in [1.165, 1.54) is 6.42 Å². The van der Waals surface area contributed by atoms with Crippen molar-refractivity contribution in [2.75, 3.05) is 44.4 Å². The molecule has 4 rings (SSSR count). The third-order valence-electron chi connectivity index (χ3n) is 5.44. The van der Waals surface area contributed by atoms with Gasteiger partial charge in [0.15, 0.2) is 0 Å². The number of imidazole rings is 1. The maximum absolute atomic E-state index is 12.5. The Hall–Kier alpha value is -2.12. The van der Waals surface area contributed by atoms with Gasteiger partial charge < -0.3 is 24.3 Å². The molecule has 1 amide bonds. The Morgan fingerprint density at radius 1 is 1.26 bits per heavy atom. The molecule has 2 aliphatic rings. The van der Waals surface area contributed by atoms with Crippen molar-refractivity contribution < 1.29 is 14.3 Å². The summed E-state index contributed by atoms with van der Waals surface area (Å²) < 4.78 is 13.2. The molecule has 1 atom stereocenters. The van der Waals surface area contributed by atoms with Crippen molar-refractivity contribution in [2.24, 2.45) is 7.05 Å². The summed E-state index contributed by atoms with van der Waals surface area (Å²) >= 11 is 0. The average Bonchev–Trinajstić information content (AvgIpc) is 3.05. The predicted octanol–water partition coefficient (Wildman–Crippen LogP) is 2.10. The van der Waals surface area contributed by atoms with E-state index in [1.807, 2.05) is 25.2 Å². The zero-order valence-electron chi connectivity index (χ0n) is 15.9. The van der Waals surface area contributed by atoms with Gasteiger partial charge in [-0.2, -0.15) is 0 Å². The van der Waals surface area contributed by atoms with Gasteiger partial charge in [0, 0.05) is 38.9 Å². The fourth-order valence-corrected chi connectivity index (χ4v) is 3.86. The molecule has 2 fully saturated rings. The maximum Gasteiger partial charge on any atom is 0.251 e. The lowest BCUT2D eigenvalue weighted by Gasteiger charge is -2.27. The van der Waals surface area contributed by atoms with E-state index in [4.69, 9.17) is 14.5 Å². The van der Waals surface area contributed by atoms with Gasteiger partial charge in [-0.1, -0.05) is 0 Å². The number of carbonyl (C=O) groups is 1. The zero-order chi connectivity index (χ0) is 18.6. The number of nitrogens with one attached hydrogen (secondary N) is 1. The molecule has 0 spiro atoms. The summed E-state index contributed by atoms with van der Waals surface area (Å²) in [5.74, 6) is 0.881. The number of morpholine rings is 1. The van der Waals surface area contributed by atoms with Crippen molar-refractivity contribution in [3.63, 3.8) is 0 Å². The summed E-state index contributed by atoms with van der Waals surface area (Å²) in [6, 6.07) is 5.73. The van der Waals surface area contributed by atoms with E-state index in [9.17, 15) is 4.79 Å². The highest BCUT2D eigenvalue weighted by atomic mass is 16.5. The second-order valence-corrected chi connectivity index (χ2v) is 7.31. The minimum absolute atomic E-state index is 0.0497. The Morgan fingerprint density at radius 3 is 2.89 bits per heavy atom.